The molecule has 0 radical (unpaired) electrons. The highest BCUT2D eigenvalue weighted by Crippen LogP contribution is 2.57. The third kappa shape index (κ3) is 1.39. The molecule has 3 aliphatic rings. The van der Waals surface area contributed by atoms with E-state index in [1.165, 1.54) is 37.7 Å². The van der Waals surface area contributed by atoms with Gasteiger partial charge in [0, 0.05) is 0 Å². The molecule has 3 unspecified atom stereocenters. The topological polar surface area (TPSA) is 9.23 Å². The molecule has 1 fully saturated rings. The van der Waals surface area contributed by atoms with Gasteiger partial charge < -0.3 is 4.74 Å². The van der Waals surface area contributed by atoms with Crippen LogP contribution in [0.3, 0.4) is 0 Å². The van der Waals surface area contributed by atoms with E-state index in [9.17, 15) is 0 Å². The Morgan fingerprint density at radius 2 is 2.17 bits per heavy atom. The van der Waals surface area contributed by atoms with Crippen LogP contribution in [0.5, 0.6) is 5.75 Å². The van der Waals surface area contributed by atoms with Crippen molar-refractivity contribution >= 4 is 0 Å². The van der Waals surface area contributed by atoms with Crippen LogP contribution < -0.4 is 4.74 Å². The highest BCUT2D eigenvalue weighted by molar-refractivity contribution is 5.39. The first-order chi connectivity index (χ1) is 8.79. The number of fused-ring (bicyclic) bond motifs is 4. The van der Waals surface area contributed by atoms with E-state index in [0.29, 0.717) is 5.41 Å². The average Bonchev–Trinajstić information content (AvgIpc) is 2.99. The van der Waals surface area contributed by atoms with Crippen LogP contribution in [0.2, 0.25) is 0 Å². The summed E-state index contributed by atoms with van der Waals surface area (Å²) in [4.78, 5) is 0. The monoisotopic (exact) mass is 240 g/mol. The lowest BCUT2D eigenvalue weighted by Gasteiger charge is -2.40. The minimum absolute atomic E-state index is 0.598. The van der Waals surface area contributed by atoms with Crippen LogP contribution in [0.1, 0.15) is 30.4 Å². The fourth-order valence-electron chi connectivity index (χ4n) is 4.53. The summed E-state index contributed by atoms with van der Waals surface area (Å²) in [5, 5.41) is 0. The summed E-state index contributed by atoms with van der Waals surface area (Å²) < 4.78 is 5.34. The fraction of sp³-hybridized carbons (Fsp3) is 0.529. The molecule has 1 aromatic carbocycles. The van der Waals surface area contributed by atoms with E-state index < -0.39 is 0 Å². The van der Waals surface area contributed by atoms with Gasteiger partial charge in [-0.15, -0.1) is 0 Å². The van der Waals surface area contributed by atoms with Gasteiger partial charge in [0.05, 0.1) is 7.11 Å². The molecule has 3 aliphatic carbocycles. The van der Waals surface area contributed by atoms with Crippen LogP contribution >= 0.6 is 0 Å². The van der Waals surface area contributed by atoms with Gasteiger partial charge in [-0.3, -0.25) is 0 Å². The lowest BCUT2D eigenvalue weighted by Crippen LogP contribution is -2.32. The molecule has 94 valence electrons. The fourth-order valence-corrected chi connectivity index (χ4v) is 4.53. The molecule has 0 aromatic heterocycles. The maximum atomic E-state index is 5.34. The van der Waals surface area contributed by atoms with E-state index in [-0.39, 0.29) is 0 Å². The molecule has 4 rings (SSSR count). The summed E-state index contributed by atoms with van der Waals surface area (Å²) in [6, 6.07) is 6.66. The summed E-state index contributed by atoms with van der Waals surface area (Å²) in [6.07, 6.45) is 11.7. The van der Waals surface area contributed by atoms with Gasteiger partial charge in [-0.2, -0.15) is 0 Å². The van der Waals surface area contributed by atoms with E-state index in [1.54, 1.807) is 12.7 Å². The maximum absolute atomic E-state index is 5.34. The maximum Gasteiger partial charge on any atom is 0.119 e. The zero-order valence-corrected chi connectivity index (χ0v) is 11.0. The molecule has 0 aliphatic heterocycles. The first kappa shape index (κ1) is 10.7. The Hall–Kier alpha value is -1.24. The van der Waals surface area contributed by atoms with Crippen molar-refractivity contribution in [3.8, 4) is 5.75 Å². The normalized spacial score (nSPS) is 36.1. The van der Waals surface area contributed by atoms with Crippen molar-refractivity contribution in [1.82, 2.24) is 0 Å². The van der Waals surface area contributed by atoms with Crippen LogP contribution in [0.4, 0.5) is 0 Å². The summed E-state index contributed by atoms with van der Waals surface area (Å²) in [6.45, 7) is 0. The number of allylic oxidation sites excluding steroid dienone is 2. The Labute approximate surface area is 109 Å². The lowest BCUT2D eigenvalue weighted by atomic mass is 9.64. The largest absolute Gasteiger partial charge is 0.497 e. The highest BCUT2D eigenvalue weighted by atomic mass is 16.5. The Morgan fingerprint density at radius 3 is 2.89 bits per heavy atom. The second kappa shape index (κ2) is 3.63. The van der Waals surface area contributed by atoms with Crippen molar-refractivity contribution in [3.63, 3.8) is 0 Å². The third-order valence-electron chi connectivity index (χ3n) is 5.48. The molecule has 1 heteroatoms. The smallest absolute Gasteiger partial charge is 0.119 e. The van der Waals surface area contributed by atoms with Crippen LogP contribution in [-0.4, -0.2) is 7.11 Å². The van der Waals surface area contributed by atoms with Gasteiger partial charge in [0.15, 0.2) is 0 Å². The van der Waals surface area contributed by atoms with Crippen LogP contribution in [0, 0.1) is 17.3 Å². The molecule has 1 spiro atoms. The summed E-state index contributed by atoms with van der Waals surface area (Å²) in [7, 11) is 1.76. The number of hydrogen-bond acceptors (Lipinski definition) is 1. The summed E-state index contributed by atoms with van der Waals surface area (Å²) >= 11 is 0. The predicted octanol–water partition coefficient (Wildman–Crippen LogP) is 3.77. The minimum atomic E-state index is 0.598. The minimum Gasteiger partial charge on any atom is -0.497 e. The quantitative estimate of drug-likeness (QED) is 0.679. The third-order valence-corrected chi connectivity index (χ3v) is 5.48. The van der Waals surface area contributed by atoms with Gasteiger partial charge in [-0.1, -0.05) is 18.2 Å². The Morgan fingerprint density at radius 1 is 1.22 bits per heavy atom. The SMILES string of the molecule is COc1ccc2c(c1)CCC1(C2)CC2C=CC1C2. The van der Waals surface area contributed by atoms with Gasteiger partial charge in [-0.05, 0) is 72.6 Å². The van der Waals surface area contributed by atoms with E-state index in [1.807, 2.05) is 0 Å². The second-order valence-corrected chi connectivity index (χ2v) is 6.37. The molecule has 3 atom stereocenters. The predicted molar refractivity (Wildman–Crippen MR) is 72.8 cm³/mol. The zero-order chi connectivity index (χ0) is 12.2. The molecule has 0 N–H and O–H groups in total. The number of methoxy groups -OCH3 is 1. The summed E-state index contributed by atoms with van der Waals surface area (Å²) in [5.74, 6) is 2.75. The van der Waals surface area contributed by atoms with Crippen molar-refractivity contribution < 1.29 is 4.74 Å². The Balaban J connectivity index is 1.68. The Bertz CT molecular complexity index is 516. The van der Waals surface area contributed by atoms with E-state index in [0.717, 1.165) is 17.6 Å². The molecule has 0 amide bonds. The standard InChI is InChI=1S/C17H20O/c1-18-16-5-3-14-11-17(7-6-13(14)9-16)10-12-2-4-15(17)8-12/h2-5,9,12,15H,6-8,10-11H2,1H3. The van der Waals surface area contributed by atoms with Crippen molar-refractivity contribution in [2.24, 2.45) is 17.3 Å². The molecule has 0 heterocycles. The summed E-state index contributed by atoms with van der Waals surface area (Å²) in [5.41, 5.74) is 3.69. The number of benzene rings is 1. The Kier molecular flexibility index (Phi) is 2.15. The second-order valence-electron chi connectivity index (χ2n) is 6.37. The first-order valence-corrected chi connectivity index (χ1v) is 7.13. The van der Waals surface area contributed by atoms with Gasteiger partial charge in [0.25, 0.3) is 0 Å². The highest BCUT2D eigenvalue weighted by Gasteiger charge is 2.49. The van der Waals surface area contributed by atoms with Gasteiger partial charge in [-0.25, -0.2) is 0 Å². The first-order valence-electron chi connectivity index (χ1n) is 7.13. The molecule has 0 saturated heterocycles. The molecule has 18 heavy (non-hydrogen) atoms. The van der Waals surface area contributed by atoms with Crippen molar-refractivity contribution in [2.75, 3.05) is 7.11 Å². The van der Waals surface area contributed by atoms with Gasteiger partial charge in [0.2, 0.25) is 0 Å². The molecule has 1 saturated carbocycles. The van der Waals surface area contributed by atoms with Crippen LogP contribution in [-0.2, 0) is 12.8 Å². The number of aryl methyl sites for hydroxylation is 1. The molecular weight excluding hydrogens is 220 g/mol. The molecule has 1 nitrogen and oxygen atoms in total. The zero-order valence-electron chi connectivity index (χ0n) is 11.0. The van der Waals surface area contributed by atoms with Crippen molar-refractivity contribution in [3.05, 3.63) is 41.5 Å². The van der Waals surface area contributed by atoms with E-state index in [4.69, 9.17) is 4.74 Å². The molecular formula is C17H20O. The average molecular weight is 240 g/mol. The lowest BCUT2D eigenvalue weighted by molar-refractivity contribution is 0.194. The van der Waals surface area contributed by atoms with E-state index in [2.05, 4.69) is 30.4 Å². The van der Waals surface area contributed by atoms with Gasteiger partial charge >= 0.3 is 0 Å². The number of hydrogen-bond donors (Lipinski definition) is 0. The van der Waals surface area contributed by atoms with Crippen molar-refractivity contribution in [2.45, 2.75) is 32.1 Å². The molecule has 1 aromatic rings. The number of ether oxygens (including phenoxy) is 1. The molecule has 2 bridgehead atoms. The van der Waals surface area contributed by atoms with Crippen molar-refractivity contribution in [1.29, 1.82) is 0 Å². The van der Waals surface area contributed by atoms with Crippen LogP contribution in [0.25, 0.3) is 0 Å². The van der Waals surface area contributed by atoms with Crippen LogP contribution in [0.15, 0.2) is 30.4 Å². The van der Waals surface area contributed by atoms with Gasteiger partial charge in [0.1, 0.15) is 5.75 Å². The van der Waals surface area contributed by atoms with E-state index >= 15 is 0 Å². The number of rotatable bonds is 1.